The van der Waals surface area contributed by atoms with Gasteiger partial charge >= 0.3 is 0 Å². The maximum absolute atomic E-state index is 12.2. The Kier molecular flexibility index (Phi) is 2.56. The summed E-state index contributed by atoms with van der Waals surface area (Å²) in [4.78, 5) is 20.3. The van der Waals surface area contributed by atoms with E-state index in [1.54, 1.807) is 23.2 Å². The molecule has 3 rings (SSSR count). The van der Waals surface area contributed by atoms with Crippen LogP contribution in [0.4, 0.5) is 5.82 Å². The van der Waals surface area contributed by atoms with Gasteiger partial charge < -0.3 is 5.73 Å². The summed E-state index contributed by atoms with van der Waals surface area (Å²) in [5.41, 5.74) is 7.27. The lowest BCUT2D eigenvalue weighted by molar-refractivity contribution is 0.749. The lowest BCUT2D eigenvalue weighted by atomic mass is 10.2. The Morgan fingerprint density at radius 2 is 2.22 bits per heavy atom. The van der Waals surface area contributed by atoms with Gasteiger partial charge in [-0.3, -0.25) is 9.36 Å². The molecule has 0 radical (unpaired) electrons. The first-order chi connectivity index (χ1) is 8.74. The molecule has 0 aromatic carbocycles. The van der Waals surface area contributed by atoms with Gasteiger partial charge in [0.25, 0.3) is 5.56 Å². The Hall–Kier alpha value is -2.21. The highest BCUT2D eigenvalue weighted by Crippen LogP contribution is 2.13. The lowest BCUT2D eigenvalue weighted by Gasteiger charge is -2.05. The first kappa shape index (κ1) is 10.9. The highest BCUT2D eigenvalue weighted by Gasteiger charge is 2.05. The number of nitrogens with two attached hydrogens (primary N) is 1. The van der Waals surface area contributed by atoms with Crippen LogP contribution in [0.25, 0.3) is 10.2 Å². The van der Waals surface area contributed by atoms with Crippen LogP contribution >= 0.6 is 11.3 Å². The number of nitrogen functional groups attached to an aromatic ring is 1. The summed E-state index contributed by atoms with van der Waals surface area (Å²) >= 11 is 1.41. The van der Waals surface area contributed by atoms with E-state index in [0.717, 1.165) is 11.1 Å². The van der Waals surface area contributed by atoms with Crippen LogP contribution in [0.5, 0.6) is 0 Å². The molecule has 0 fully saturated rings. The third kappa shape index (κ3) is 1.86. The molecule has 6 heteroatoms. The highest BCUT2D eigenvalue weighted by atomic mass is 32.1. The standard InChI is InChI=1S/C12H10N4OS/c13-10-5-8(1-3-14-10)6-16-7-15-9-2-4-18-11(9)12(16)17/h1-5,7H,6H2,(H2,13,14). The van der Waals surface area contributed by atoms with Crippen LogP contribution in [0, 0.1) is 0 Å². The number of anilines is 1. The lowest BCUT2D eigenvalue weighted by Crippen LogP contribution is -2.20. The summed E-state index contributed by atoms with van der Waals surface area (Å²) in [5.74, 6) is 0.450. The minimum atomic E-state index is -0.0228. The molecule has 5 nitrogen and oxygen atoms in total. The van der Waals surface area contributed by atoms with Crippen molar-refractivity contribution >= 4 is 27.4 Å². The SMILES string of the molecule is Nc1cc(Cn2cnc3ccsc3c2=O)ccn1. The molecule has 0 saturated carbocycles. The Morgan fingerprint density at radius 3 is 3.06 bits per heavy atom. The van der Waals surface area contributed by atoms with Gasteiger partial charge in [-0.25, -0.2) is 9.97 Å². The van der Waals surface area contributed by atoms with Crippen molar-refractivity contribution < 1.29 is 0 Å². The summed E-state index contributed by atoms with van der Waals surface area (Å²) in [6.45, 7) is 0.451. The van der Waals surface area contributed by atoms with Gasteiger partial charge in [0.15, 0.2) is 0 Å². The molecule has 0 spiro atoms. The van der Waals surface area contributed by atoms with Crippen molar-refractivity contribution in [2.45, 2.75) is 6.54 Å². The molecular weight excluding hydrogens is 248 g/mol. The molecular formula is C12H10N4OS. The second-order valence-electron chi connectivity index (χ2n) is 3.90. The Balaban J connectivity index is 2.05. The third-order valence-electron chi connectivity index (χ3n) is 2.63. The number of pyridine rings is 1. The number of rotatable bonds is 2. The molecule has 18 heavy (non-hydrogen) atoms. The second kappa shape index (κ2) is 4.23. The number of fused-ring (bicyclic) bond motifs is 1. The van der Waals surface area contributed by atoms with Crippen LogP contribution in [-0.4, -0.2) is 14.5 Å². The van der Waals surface area contributed by atoms with Crippen molar-refractivity contribution in [1.29, 1.82) is 0 Å². The maximum atomic E-state index is 12.2. The fraction of sp³-hybridized carbons (Fsp3) is 0.0833. The molecule has 0 unspecified atom stereocenters. The van der Waals surface area contributed by atoms with E-state index in [1.165, 1.54) is 11.3 Å². The monoisotopic (exact) mass is 258 g/mol. The number of hydrogen-bond donors (Lipinski definition) is 1. The second-order valence-corrected chi connectivity index (χ2v) is 4.82. The normalized spacial score (nSPS) is 10.9. The molecule has 3 aromatic rings. The van der Waals surface area contributed by atoms with Crippen molar-refractivity contribution in [3.8, 4) is 0 Å². The summed E-state index contributed by atoms with van der Waals surface area (Å²) in [5, 5.41) is 1.87. The first-order valence-electron chi connectivity index (χ1n) is 5.37. The van der Waals surface area contributed by atoms with Crippen molar-refractivity contribution in [3.05, 3.63) is 52.0 Å². The van der Waals surface area contributed by atoms with Gasteiger partial charge in [-0.15, -0.1) is 11.3 Å². The van der Waals surface area contributed by atoms with Crippen LogP contribution in [0.15, 0.2) is 40.9 Å². The van der Waals surface area contributed by atoms with E-state index < -0.39 is 0 Å². The summed E-state index contributed by atoms with van der Waals surface area (Å²) < 4.78 is 2.26. The number of hydrogen-bond acceptors (Lipinski definition) is 5. The Labute approximate surface area is 107 Å². The molecule has 3 aromatic heterocycles. The molecule has 0 amide bonds. The van der Waals surface area contributed by atoms with Gasteiger partial charge in [0.2, 0.25) is 0 Å². The fourth-order valence-corrected chi connectivity index (χ4v) is 2.57. The maximum Gasteiger partial charge on any atom is 0.271 e. The number of nitrogens with zero attached hydrogens (tertiary/aromatic N) is 3. The molecule has 0 bridgehead atoms. The van der Waals surface area contributed by atoms with Crippen LogP contribution in [-0.2, 0) is 6.54 Å². The van der Waals surface area contributed by atoms with E-state index in [9.17, 15) is 4.79 Å². The molecule has 0 aliphatic rings. The first-order valence-corrected chi connectivity index (χ1v) is 6.25. The van der Waals surface area contributed by atoms with Crippen LogP contribution in [0.3, 0.4) is 0 Å². The minimum Gasteiger partial charge on any atom is -0.384 e. The van der Waals surface area contributed by atoms with Gasteiger partial charge in [0, 0.05) is 6.20 Å². The van der Waals surface area contributed by atoms with Gasteiger partial charge in [-0.2, -0.15) is 0 Å². The van der Waals surface area contributed by atoms with E-state index in [1.807, 2.05) is 17.5 Å². The van der Waals surface area contributed by atoms with Crippen LogP contribution in [0.1, 0.15) is 5.56 Å². The van der Waals surface area contributed by atoms with E-state index in [2.05, 4.69) is 9.97 Å². The zero-order valence-electron chi connectivity index (χ0n) is 9.41. The fourth-order valence-electron chi connectivity index (χ4n) is 1.78. The largest absolute Gasteiger partial charge is 0.384 e. The predicted molar refractivity (Wildman–Crippen MR) is 71.6 cm³/mol. The number of aromatic nitrogens is 3. The minimum absolute atomic E-state index is 0.0228. The Bertz CT molecular complexity index is 762. The average Bonchev–Trinajstić information content (AvgIpc) is 2.82. The van der Waals surface area contributed by atoms with E-state index in [4.69, 9.17) is 5.73 Å². The van der Waals surface area contributed by atoms with Crippen molar-refractivity contribution in [2.24, 2.45) is 0 Å². The summed E-state index contributed by atoms with van der Waals surface area (Å²) in [6.07, 6.45) is 3.20. The van der Waals surface area contributed by atoms with Crippen molar-refractivity contribution in [3.63, 3.8) is 0 Å². The number of thiophene rings is 1. The molecule has 0 saturated heterocycles. The molecule has 2 N–H and O–H groups in total. The smallest absolute Gasteiger partial charge is 0.271 e. The van der Waals surface area contributed by atoms with Gasteiger partial charge in [0.05, 0.1) is 18.4 Å². The van der Waals surface area contributed by atoms with Gasteiger partial charge in [-0.1, -0.05) is 0 Å². The van der Waals surface area contributed by atoms with Crippen molar-refractivity contribution in [2.75, 3.05) is 5.73 Å². The molecule has 0 aliphatic carbocycles. The van der Waals surface area contributed by atoms with Gasteiger partial charge in [-0.05, 0) is 29.1 Å². The van der Waals surface area contributed by atoms with E-state index >= 15 is 0 Å². The summed E-state index contributed by atoms with van der Waals surface area (Å²) in [7, 11) is 0. The molecule has 3 heterocycles. The van der Waals surface area contributed by atoms with Gasteiger partial charge in [0.1, 0.15) is 10.5 Å². The van der Waals surface area contributed by atoms with Crippen LogP contribution in [0.2, 0.25) is 0 Å². The van der Waals surface area contributed by atoms with E-state index in [-0.39, 0.29) is 5.56 Å². The zero-order chi connectivity index (χ0) is 12.5. The quantitative estimate of drug-likeness (QED) is 0.755. The topological polar surface area (TPSA) is 73.8 Å². The van der Waals surface area contributed by atoms with Crippen LogP contribution < -0.4 is 11.3 Å². The molecule has 0 aliphatic heterocycles. The average molecular weight is 258 g/mol. The third-order valence-corrected chi connectivity index (χ3v) is 3.53. The summed E-state index contributed by atoms with van der Waals surface area (Å²) in [6, 6.07) is 5.43. The van der Waals surface area contributed by atoms with E-state index in [0.29, 0.717) is 17.1 Å². The zero-order valence-corrected chi connectivity index (χ0v) is 10.2. The Morgan fingerprint density at radius 1 is 1.33 bits per heavy atom. The molecule has 90 valence electrons. The van der Waals surface area contributed by atoms with Crippen molar-refractivity contribution in [1.82, 2.24) is 14.5 Å². The highest BCUT2D eigenvalue weighted by molar-refractivity contribution is 7.17. The predicted octanol–water partition coefficient (Wildman–Crippen LogP) is 1.48. The molecule has 0 atom stereocenters.